The third-order valence-electron chi connectivity index (χ3n) is 4.20. The lowest BCUT2D eigenvalue weighted by Crippen LogP contribution is -2.47. The highest BCUT2D eigenvalue weighted by Crippen LogP contribution is 2.20. The molecule has 108 valence electrons. The van der Waals surface area contributed by atoms with Crippen molar-refractivity contribution in [1.82, 2.24) is 10.6 Å². The van der Waals surface area contributed by atoms with Gasteiger partial charge in [-0.3, -0.25) is 4.79 Å². The molecule has 1 saturated heterocycles. The van der Waals surface area contributed by atoms with Crippen molar-refractivity contribution in [3.05, 3.63) is 34.9 Å². The number of ether oxygens (including phenoxy) is 1. The topological polar surface area (TPSA) is 50.4 Å². The first-order valence-corrected chi connectivity index (χ1v) is 7.46. The summed E-state index contributed by atoms with van der Waals surface area (Å²) in [6, 6.07) is 6.80. The number of carbonyl (C=O) groups is 1. The molecule has 1 aromatic carbocycles. The molecular formula is C16H22N2O2. The largest absolute Gasteiger partial charge is 0.372 e. The lowest BCUT2D eigenvalue weighted by atomic mass is 9.99. The third-order valence-corrected chi connectivity index (χ3v) is 4.20. The van der Waals surface area contributed by atoms with E-state index in [9.17, 15) is 4.79 Å². The summed E-state index contributed by atoms with van der Waals surface area (Å²) >= 11 is 0. The van der Waals surface area contributed by atoms with E-state index in [0.717, 1.165) is 17.5 Å². The average molecular weight is 274 g/mol. The quantitative estimate of drug-likeness (QED) is 0.886. The van der Waals surface area contributed by atoms with E-state index in [0.29, 0.717) is 31.8 Å². The van der Waals surface area contributed by atoms with Gasteiger partial charge in [-0.2, -0.15) is 0 Å². The van der Waals surface area contributed by atoms with Crippen LogP contribution in [-0.4, -0.2) is 24.5 Å². The van der Waals surface area contributed by atoms with Gasteiger partial charge in [0.25, 0.3) is 5.91 Å². The standard InChI is InChI=1S/C16H22N2O2/c1-11-3-2-4-15(18-11)8-17-16(19)12-5-6-13-9-20-10-14(13)7-12/h5-7,11,15,18H,2-4,8-10H2,1H3,(H,17,19). The van der Waals surface area contributed by atoms with E-state index in [1.165, 1.54) is 18.4 Å². The molecular weight excluding hydrogens is 252 g/mol. The van der Waals surface area contributed by atoms with Crippen molar-refractivity contribution < 1.29 is 9.53 Å². The van der Waals surface area contributed by atoms with Crippen molar-refractivity contribution >= 4 is 5.91 Å². The Morgan fingerprint density at radius 3 is 3.05 bits per heavy atom. The molecule has 2 unspecified atom stereocenters. The van der Waals surface area contributed by atoms with Crippen molar-refractivity contribution in [1.29, 1.82) is 0 Å². The van der Waals surface area contributed by atoms with E-state index in [4.69, 9.17) is 4.74 Å². The van der Waals surface area contributed by atoms with Gasteiger partial charge in [-0.05, 0) is 43.0 Å². The van der Waals surface area contributed by atoms with Crippen LogP contribution in [0.4, 0.5) is 0 Å². The predicted molar refractivity (Wildman–Crippen MR) is 77.5 cm³/mol. The Balaban J connectivity index is 1.56. The molecule has 1 fully saturated rings. The molecule has 1 amide bonds. The van der Waals surface area contributed by atoms with Gasteiger partial charge in [0.2, 0.25) is 0 Å². The molecule has 2 aliphatic heterocycles. The minimum atomic E-state index is 0.0136. The summed E-state index contributed by atoms with van der Waals surface area (Å²) in [5.41, 5.74) is 3.07. The Kier molecular flexibility index (Phi) is 4.03. The fourth-order valence-corrected chi connectivity index (χ4v) is 3.03. The Bertz CT molecular complexity index is 501. The lowest BCUT2D eigenvalue weighted by molar-refractivity contribution is 0.0946. The van der Waals surface area contributed by atoms with Crippen LogP contribution in [0, 0.1) is 0 Å². The van der Waals surface area contributed by atoms with Gasteiger partial charge >= 0.3 is 0 Å². The maximum atomic E-state index is 12.2. The zero-order valence-electron chi connectivity index (χ0n) is 11.9. The first-order chi connectivity index (χ1) is 9.72. The molecule has 4 heteroatoms. The van der Waals surface area contributed by atoms with Crippen molar-refractivity contribution in [3.8, 4) is 0 Å². The number of nitrogens with one attached hydrogen (secondary N) is 2. The second kappa shape index (κ2) is 5.94. The van der Waals surface area contributed by atoms with E-state index in [1.807, 2.05) is 18.2 Å². The summed E-state index contributed by atoms with van der Waals surface area (Å²) in [7, 11) is 0. The maximum Gasteiger partial charge on any atom is 0.251 e. The third kappa shape index (κ3) is 3.02. The summed E-state index contributed by atoms with van der Waals surface area (Å²) in [4.78, 5) is 12.2. The van der Waals surface area contributed by atoms with Crippen LogP contribution in [-0.2, 0) is 18.0 Å². The van der Waals surface area contributed by atoms with Gasteiger partial charge in [0.15, 0.2) is 0 Å². The van der Waals surface area contributed by atoms with E-state index in [-0.39, 0.29) is 5.91 Å². The first kappa shape index (κ1) is 13.6. The van der Waals surface area contributed by atoms with Gasteiger partial charge < -0.3 is 15.4 Å². The van der Waals surface area contributed by atoms with Crippen molar-refractivity contribution in [3.63, 3.8) is 0 Å². The zero-order valence-corrected chi connectivity index (χ0v) is 11.9. The second-order valence-corrected chi connectivity index (χ2v) is 5.88. The van der Waals surface area contributed by atoms with E-state index < -0.39 is 0 Å². The number of hydrogen-bond acceptors (Lipinski definition) is 3. The molecule has 3 rings (SSSR count). The highest BCUT2D eigenvalue weighted by atomic mass is 16.5. The van der Waals surface area contributed by atoms with E-state index >= 15 is 0 Å². The Hall–Kier alpha value is -1.39. The number of piperidine rings is 1. The van der Waals surface area contributed by atoms with Crippen LogP contribution in [0.3, 0.4) is 0 Å². The normalized spacial score (nSPS) is 25.2. The molecule has 1 aromatic rings. The van der Waals surface area contributed by atoms with Crippen LogP contribution in [0.5, 0.6) is 0 Å². The monoisotopic (exact) mass is 274 g/mol. The maximum absolute atomic E-state index is 12.2. The van der Waals surface area contributed by atoms with Crippen LogP contribution in [0.25, 0.3) is 0 Å². The zero-order chi connectivity index (χ0) is 13.9. The number of rotatable bonds is 3. The number of carbonyl (C=O) groups excluding carboxylic acids is 1. The molecule has 0 spiro atoms. The fraction of sp³-hybridized carbons (Fsp3) is 0.562. The van der Waals surface area contributed by atoms with Gasteiger partial charge in [-0.1, -0.05) is 12.5 Å². The van der Waals surface area contributed by atoms with Crippen LogP contribution in [0.1, 0.15) is 47.7 Å². The summed E-state index contributed by atoms with van der Waals surface area (Å²) in [6.45, 7) is 4.20. The lowest BCUT2D eigenvalue weighted by Gasteiger charge is -2.28. The summed E-state index contributed by atoms with van der Waals surface area (Å²) in [5, 5.41) is 6.57. The van der Waals surface area contributed by atoms with Gasteiger partial charge in [-0.15, -0.1) is 0 Å². The van der Waals surface area contributed by atoms with Crippen molar-refractivity contribution in [2.24, 2.45) is 0 Å². The van der Waals surface area contributed by atoms with Gasteiger partial charge in [0, 0.05) is 24.2 Å². The van der Waals surface area contributed by atoms with Gasteiger partial charge in [0.1, 0.15) is 0 Å². The van der Waals surface area contributed by atoms with Gasteiger partial charge in [-0.25, -0.2) is 0 Å². The summed E-state index contributed by atoms with van der Waals surface area (Å²) in [5.74, 6) is 0.0136. The molecule has 4 nitrogen and oxygen atoms in total. The Labute approximate surface area is 119 Å². The molecule has 2 heterocycles. The number of benzene rings is 1. The average Bonchev–Trinajstić information content (AvgIpc) is 2.92. The predicted octanol–water partition coefficient (Wildman–Crippen LogP) is 1.98. The highest BCUT2D eigenvalue weighted by molar-refractivity contribution is 5.94. The minimum Gasteiger partial charge on any atom is -0.372 e. The molecule has 0 aliphatic carbocycles. The van der Waals surface area contributed by atoms with E-state index in [1.54, 1.807) is 0 Å². The molecule has 0 radical (unpaired) electrons. The van der Waals surface area contributed by atoms with Crippen LogP contribution in [0.15, 0.2) is 18.2 Å². The molecule has 0 aromatic heterocycles. The van der Waals surface area contributed by atoms with Gasteiger partial charge in [0.05, 0.1) is 13.2 Å². The minimum absolute atomic E-state index is 0.0136. The van der Waals surface area contributed by atoms with Crippen LogP contribution >= 0.6 is 0 Å². The second-order valence-electron chi connectivity index (χ2n) is 5.88. The molecule has 0 bridgehead atoms. The summed E-state index contributed by atoms with van der Waals surface area (Å²) < 4.78 is 5.37. The Morgan fingerprint density at radius 2 is 2.20 bits per heavy atom. The molecule has 0 saturated carbocycles. The molecule has 2 atom stereocenters. The smallest absolute Gasteiger partial charge is 0.251 e. The summed E-state index contributed by atoms with van der Waals surface area (Å²) in [6.07, 6.45) is 3.61. The molecule has 2 aliphatic rings. The number of hydrogen-bond donors (Lipinski definition) is 2. The highest BCUT2D eigenvalue weighted by Gasteiger charge is 2.19. The van der Waals surface area contributed by atoms with Crippen molar-refractivity contribution in [2.45, 2.75) is 51.5 Å². The number of fused-ring (bicyclic) bond motifs is 1. The Morgan fingerprint density at radius 1 is 1.35 bits per heavy atom. The molecule has 20 heavy (non-hydrogen) atoms. The molecule has 2 N–H and O–H groups in total. The van der Waals surface area contributed by atoms with Crippen LogP contribution in [0.2, 0.25) is 0 Å². The van der Waals surface area contributed by atoms with E-state index in [2.05, 4.69) is 17.6 Å². The fourth-order valence-electron chi connectivity index (χ4n) is 3.03. The van der Waals surface area contributed by atoms with Crippen LogP contribution < -0.4 is 10.6 Å². The number of amides is 1. The van der Waals surface area contributed by atoms with Crippen molar-refractivity contribution in [2.75, 3.05) is 6.54 Å². The SMILES string of the molecule is CC1CCCC(CNC(=O)c2ccc3c(c2)COC3)N1. The first-order valence-electron chi connectivity index (χ1n) is 7.46.